The lowest BCUT2D eigenvalue weighted by molar-refractivity contribution is -0.123. The second kappa shape index (κ2) is 5.27. The molecule has 4 fully saturated rings. The van der Waals surface area contributed by atoms with Crippen molar-refractivity contribution in [2.24, 2.45) is 22.7 Å². The lowest BCUT2D eigenvalue weighted by Crippen LogP contribution is -2.42. The number of carbonyl (C=O) groups is 1. The first kappa shape index (κ1) is 14.1. The van der Waals surface area contributed by atoms with E-state index in [-0.39, 0.29) is 10.7 Å². The number of fused-ring (bicyclic) bond motifs is 2. The minimum atomic E-state index is -0.347. The van der Waals surface area contributed by atoms with E-state index in [2.05, 4.69) is 12.2 Å². The molecule has 2 saturated carbocycles. The number of carbonyl (C=O) groups excluding carboxylic acids is 1. The molecule has 2 aliphatic heterocycles. The van der Waals surface area contributed by atoms with Crippen LogP contribution in [0.25, 0.3) is 0 Å². The highest BCUT2D eigenvalue weighted by atomic mass is 32.2. The molecule has 4 nitrogen and oxygen atoms in total. The standard InChI is InChI=1S/C16H24N2O2S/c1-16(12-4-6-20-7-5-12)14(19)18-15(21-16)17-13-9-10-2-3-11(13)8-10/h10-13H,2-9H2,1H3,(H,17,18,19)/t10-,11-,13?,16-/m0/s1. The third kappa shape index (κ3) is 2.42. The zero-order chi connectivity index (χ0) is 14.4. The average Bonchev–Trinajstić information content (AvgIpc) is 3.16. The molecule has 1 unspecified atom stereocenters. The summed E-state index contributed by atoms with van der Waals surface area (Å²) in [7, 11) is 0. The molecular formula is C16H24N2O2S. The number of nitrogens with zero attached hydrogens (tertiary/aromatic N) is 1. The average molecular weight is 308 g/mol. The van der Waals surface area contributed by atoms with Crippen LogP contribution in [0.1, 0.15) is 45.4 Å². The van der Waals surface area contributed by atoms with Crippen molar-refractivity contribution in [2.75, 3.05) is 13.2 Å². The molecule has 2 bridgehead atoms. The Morgan fingerprint density at radius 3 is 2.71 bits per heavy atom. The Morgan fingerprint density at radius 1 is 1.24 bits per heavy atom. The lowest BCUT2D eigenvalue weighted by atomic mass is 9.86. The van der Waals surface area contributed by atoms with Gasteiger partial charge < -0.3 is 10.1 Å². The van der Waals surface area contributed by atoms with Gasteiger partial charge in [-0.05, 0) is 56.8 Å². The Labute approximate surface area is 130 Å². The Morgan fingerprint density at radius 2 is 2.05 bits per heavy atom. The second-order valence-electron chi connectivity index (χ2n) is 7.23. The van der Waals surface area contributed by atoms with Crippen LogP contribution in [0.4, 0.5) is 0 Å². The van der Waals surface area contributed by atoms with Gasteiger partial charge in [0.15, 0.2) is 5.17 Å². The Balaban J connectivity index is 1.48. The van der Waals surface area contributed by atoms with Crippen molar-refractivity contribution < 1.29 is 9.53 Å². The van der Waals surface area contributed by atoms with Gasteiger partial charge >= 0.3 is 0 Å². The molecule has 0 radical (unpaired) electrons. The van der Waals surface area contributed by atoms with Gasteiger partial charge in [0.1, 0.15) is 4.75 Å². The number of hydrogen-bond donors (Lipinski definition) is 1. The summed E-state index contributed by atoms with van der Waals surface area (Å²) >= 11 is 1.68. The highest BCUT2D eigenvalue weighted by molar-refractivity contribution is 8.16. The predicted molar refractivity (Wildman–Crippen MR) is 84.4 cm³/mol. The number of aliphatic imine (C=N–C) groups is 1. The summed E-state index contributed by atoms with van der Waals surface area (Å²) < 4.78 is 5.09. The van der Waals surface area contributed by atoms with E-state index in [9.17, 15) is 4.79 Å². The zero-order valence-corrected chi connectivity index (χ0v) is 13.5. The maximum Gasteiger partial charge on any atom is 0.242 e. The zero-order valence-electron chi connectivity index (χ0n) is 12.6. The predicted octanol–water partition coefficient (Wildman–Crippen LogP) is 2.58. The van der Waals surface area contributed by atoms with Crippen LogP contribution in [0.5, 0.6) is 0 Å². The summed E-state index contributed by atoms with van der Waals surface area (Å²) in [6, 6.07) is 0.462. The van der Waals surface area contributed by atoms with Crippen molar-refractivity contribution in [3.63, 3.8) is 0 Å². The first-order chi connectivity index (χ1) is 10.1. The number of ether oxygens (including phenoxy) is 1. The van der Waals surface area contributed by atoms with E-state index < -0.39 is 0 Å². The van der Waals surface area contributed by atoms with Crippen LogP contribution in [-0.4, -0.2) is 35.1 Å². The second-order valence-corrected chi connectivity index (χ2v) is 8.67. The van der Waals surface area contributed by atoms with E-state index >= 15 is 0 Å². The van der Waals surface area contributed by atoms with E-state index in [4.69, 9.17) is 9.73 Å². The van der Waals surface area contributed by atoms with Crippen LogP contribution in [-0.2, 0) is 9.53 Å². The smallest absolute Gasteiger partial charge is 0.242 e. The number of nitrogens with one attached hydrogen (secondary N) is 1. The molecule has 2 aliphatic carbocycles. The maximum absolute atomic E-state index is 12.5. The summed E-state index contributed by atoms with van der Waals surface area (Å²) in [6.07, 6.45) is 7.29. The molecule has 116 valence electrons. The van der Waals surface area contributed by atoms with Crippen LogP contribution in [0, 0.1) is 17.8 Å². The molecule has 0 aromatic rings. The van der Waals surface area contributed by atoms with Crippen LogP contribution in [0.15, 0.2) is 4.99 Å². The van der Waals surface area contributed by atoms with Gasteiger partial charge in [-0.1, -0.05) is 18.2 Å². The lowest BCUT2D eigenvalue weighted by Gasteiger charge is -2.33. The van der Waals surface area contributed by atoms with Gasteiger partial charge in [0.05, 0.1) is 6.04 Å². The van der Waals surface area contributed by atoms with Gasteiger partial charge in [0.2, 0.25) is 5.91 Å². The minimum absolute atomic E-state index is 0.154. The molecule has 0 spiro atoms. The number of amidine groups is 1. The highest BCUT2D eigenvalue weighted by Crippen LogP contribution is 2.47. The minimum Gasteiger partial charge on any atom is -0.381 e. The first-order valence-corrected chi connectivity index (χ1v) is 9.13. The molecule has 0 aromatic carbocycles. The largest absolute Gasteiger partial charge is 0.381 e. The molecule has 4 atom stereocenters. The number of thioether (sulfide) groups is 1. The molecule has 5 heteroatoms. The SMILES string of the molecule is C[C@@]1(C2CCOCC2)SC(=NC2C[C@H]3CC[C@H]2C3)NC1=O. The summed E-state index contributed by atoms with van der Waals surface area (Å²) in [5.41, 5.74) is 0. The monoisotopic (exact) mass is 308 g/mol. The van der Waals surface area contributed by atoms with Crippen molar-refractivity contribution in [3.8, 4) is 0 Å². The Hall–Kier alpha value is -0.550. The molecule has 2 heterocycles. The number of rotatable bonds is 2. The Kier molecular flexibility index (Phi) is 3.53. The van der Waals surface area contributed by atoms with Crippen molar-refractivity contribution in [1.29, 1.82) is 0 Å². The first-order valence-electron chi connectivity index (χ1n) is 8.31. The molecule has 0 aromatic heterocycles. The van der Waals surface area contributed by atoms with Crippen LogP contribution in [0.3, 0.4) is 0 Å². The summed E-state index contributed by atoms with van der Waals surface area (Å²) in [5, 5.41) is 3.94. The number of amides is 1. The van der Waals surface area contributed by atoms with Crippen LogP contribution >= 0.6 is 11.8 Å². The fourth-order valence-electron chi connectivity index (χ4n) is 4.59. The van der Waals surface area contributed by atoms with Crippen molar-refractivity contribution in [2.45, 2.75) is 56.2 Å². The molecule has 1 amide bonds. The summed E-state index contributed by atoms with van der Waals surface area (Å²) in [6.45, 7) is 3.66. The normalized spacial score (nSPS) is 45.5. The topological polar surface area (TPSA) is 50.7 Å². The van der Waals surface area contributed by atoms with Crippen molar-refractivity contribution >= 4 is 22.8 Å². The van der Waals surface area contributed by atoms with Crippen LogP contribution < -0.4 is 5.32 Å². The fourth-order valence-corrected chi connectivity index (χ4v) is 5.87. The number of hydrogen-bond acceptors (Lipinski definition) is 4. The highest BCUT2D eigenvalue weighted by Gasteiger charge is 2.49. The van der Waals surface area contributed by atoms with Crippen LogP contribution in [0.2, 0.25) is 0 Å². The van der Waals surface area contributed by atoms with Gasteiger partial charge in [-0.3, -0.25) is 9.79 Å². The summed E-state index contributed by atoms with van der Waals surface area (Å²) in [4.78, 5) is 17.4. The molecule has 4 aliphatic rings. The van der Waals surface area contributed by atoms with Gasteiger partial charge in [-0.2, -0.15) is 0 Å². The molecule has 1 N–H and O–H groups in total. The molecule has 21 heavy (non-hydrogen) atoms. The van der Waals surface area contributed by atoms with Gasteiger partial charge in [-0.25, -0.2) is 0 Å². The van der Waals surface area contributed by atoms with Crippen molar-refractivity contribution in [1.82, 2.24) is 5.32 Å². The van der Waals surface area contributed by atoms with Gasteiger partial charge in [0.25, 0.3) is 0 Å². The fraction of sp³-hybridized carbons (Fsp3) is 0.875. The van der Waals surface area contributed by atoms with E-state index in [1.165, 1.54) is 25.7 Å². The summed E-state index contributed by atoms with van der Waals surface area (Å²) in [5.74, 6) is 2.23. The van der Waals surface area contributed by atoms with Gasteiger partial charge in [0, 0.05) is 13.2 Å². The van der Waals surface area contributed by atoms with E-state index in [1.54, 1.807) is 11.8 Å². The van der Waals surface area contributed by atoms with Gasteiger partial charge in [-0.15, -0.1) is 0 Å². The Bertz CT molecular complexity index is 475. The maximum atomic E-state index is 12.5. The molecular weight excluding hydrogens is 284 g/mol. The van der Waals surface area contributed by atoms with Crippen molar-refractivity contribution in [3.05, 3.63) is 0 Å². The quantitative estimate of drug-likeness (QED) is 0.853. The molecule has 4 rings (SSSR count). The third-order valence-corrected chi connectivity index (χ3v) is 7.31. The molecule has 2 saturated heterocycles. The van der Waals surface area contributed by atoms with E-state index in [1.807, 2.05) is 0 Å². The third-order valence-electron chi connectivity index (χ3n) is 5.96. The van der Waals surface area contributed by atoms with E-state index in [0.717, 1.165) is 43.1 Å². The van der Waals surface area contributed by atoms with E-state index in [0.29, 0.717) is 12.0 Å².